The summed E-state index contributed by atoms with van der Waals surface area (Å²) >= 11 is 7.23. The van der Waals surface area contributed by atoms with Crippen LogP contribution in [-0.2, 0) is 22.6 Å². The van der Waals surface area contributed by atoms with E-state index in [1.165, 1.54) is 28.5 Å². The second-order valence-corrected chi connectivity index (χ2v) is 8.05. The minimum atomic E-state index is -0.320. The summed E-state index contributed by atoms with van der Waals surface area (Å²) < 4.78 is 19.7. The van der Waals surface area contributed by atoms with E-state index in [-0.39, 0.29) is 23.0 Å². The number of aromatic nitrogens is 2. The van der Waals surface area contributed by atoms with Gasteiger partial charge in [0, 0.05) is 25.7 Å². The third kappa shape index (κ3) is 5.38. The molecule has 0 aliphatic rings. The predicted molar refractivity (Wildman–Crippen MR) is 116 cm³/mol. The smallest absolute Gasteiger partial charge is 0.262 e. The number of carbonyl (C=O) groups is 1. The molecule has 30 heavy (non-hydrogen) atoms. The molecule has 1 heterocycles. The first-order valence-corrected chi connectivity index (χ1v) is 10.6. The number of carbonyl (C=O) groups excluding carboxylic acids is 1. The number of halogens is 2. The van der Waals surface area contributed by atoms with E-state index in [1.54, 1.807) is 49.4 Å². The largest absolute Gasteiger partial charge is 0.383 e. The Balaban J connectivity index is 1.78. The zero-order valence-electron chi connectivity index (χ0n) is 16.6. The monoisotopic (exact) mass is 449 g/mol. The van der Waals surface area contributed by atoms with E-state index >= 15 is 0 Å². The van der Waals surface area contributed by atoms with Gasteiger partial charge in [-0.15, -0.1) is 0 Å². The third-order valence-corrected chi connectivity index (χ3v) is 5.68. The summed E-state index contributed by atoms with van der Waals surface area (Å²) in [6.45, 7) is 1.02. The van der Waals surface area contributed by atoms with Gasteiger partial charge in [-0.2, -0.15) is 0 Å². The van der Waals surface area contributed by atoms with Crippen LogP contribution in [0.4, 0.5) is 4.39 Å². The normalized spacial score (nSPS) is 11.1. The number of ether oxygens (including phenoxy) is 1. The summed E-state index contributed by atoms with van der Waals surface area (Å²) in [6.07, 6.45) is 0. The summed E-state index contributed by atoms with van der Waals surface area (Å²) in [7, 11) is 3.23. The Bertz CT molecular complexity index is 1110. The molecular formula is C21H21ClFN3O3S. The van der Waals surface area contributed by atoms with Crippen molar-refractivity contribution < 1.29 is 13.9 Å². The van der Waals surface area contributed by atoms with Crippen LogP contribution in [0.1, 0.15) is 5.56 Å². The third-order valence-electron chi connectivity index (χ3n) is 4.48. The summed E-state index contributed by atoms with van der Waals surface area (Å²) in [5.74, 6) is -0.355. The van der Waals surface area contributed by atoms with E-state index in [0.717, 1.165) is 5.56 Å². The highest BCUT2D eigenvalue weighted by Crippen LogP contribution is 2.21. The number of fused-ring (bicyclic) bond motifs is 1. The lowest BCUT2D eigenvalue weighted by atomic mass is 10.2. The second kappa shape index (κ2) is 10.1. The molecule has 158 valence electrons. The molecule has 0 aliphatic carbocycles. The van der Waals surface area contributed by atoms with Crippen LogP contribution in [0.3, 0.4) is 0 Å². The van der Waals surface area contributed by atoms with E-state index in [0.29, 0.717) is 40.8 Å². The topological polar surface area (TPSA) is 64.4 Å². The molecule has 0 spiro atoms. The summed E-state index contributed by atoms with van der Waals surface area (Å²) in [4.78, 5) is 31.6. The molecule has 0 N–H and O–H groups in total. The number of benzene rings is 2. The van der Waals surface area contributed by atoms with Crippen LogP contribution in [0, 0.1) is 5.82 Å². The first kappa shape index (κ1) is 22.3. The van der Waals surface area contributed by atoms with Crippen LogP contribution in [0.25, 0.3) is 10.9 Å². The van der Waals surface area contributed by atoms with Gasteiger partial charge in [0.2, 0.25) is 5.91 Å². The molecule has 0 saturated carbocycles. The zero-order valence-corrected chi connectivity index (χ0v) is 18.2. The van der Waals surface area contributed by atoms with Crippen LogP contribution >= 0.6 is 23.4 Å². The van der Waals surface area contributed by atoms with Gasteiger partial charge < -0.3 is 9.64 Å². The number of hydrogen-bond donors (Lipinski definition) is 0. The van der Waals surface area contributed by atoms with Gasteiger partial charge in [0.1, 0.15) is 5.82 Å². The van der Waals surface area contributed by atoms with Gasteiger partial charge in [0.05, 0.1) is 29.8 Å². The maximum absolute atomic E-state index is 13.1. The molecule has 0 aliphatic heterocycles. The van der Waals surface area contributed by atoms with Gasteiger partial charge in [0.25, 0.3) is 5.56 Å². The fraction of sp³-hybridized carbons (Fsp3) is 0.286. The zero-order chi connectivity index (χ0) is 21.7. The molecule has 6 nitrogen and oxygen atoms in total. The minimum Gasteiger partial charge on any atom is -0.383 e. The lowest BCUT2D eigenvalue weighted by Gasteiger charge is -2.18. The fourth-order valence-corrected chi connectivity index (χ4v) is 3.98. The molecule has 0 radical (unpaired) electrons. The lowest BCUT2D eigenvalue weighted by molar-refractivity contribution is -0.127. The Labute approximate surface area is 182 Å². The Kier molecular flexibility index (Phi) is 7.47. The van der Waals surface area contributed by atoms with Gasteiger partial charge in [-0.25, -0.2) is 9.37 Å². The maximum atomic E-state index is 13.1. The quantitative estimate of drug-likeness (QED) is 0.388. The number of nitrogens with zero attached hydrogens (tertiary/aromatic N) is 3. The molecule has 3 aromatic rings. The standard InChI is InChI=1S/C21H21ClFN3O3S/c1-25(12-14-3-6-16(23)7-4-14)19(27)13-30-21-24-18-11-15(22)5-8-17(18)20(28)26(21)9-10-29-2/h3-8,11H,9-10,12-13H2,1-2H3. The molecule has 1 amide bonds. The fourth-order valence-electron chi connectivity index (χ4n) is 2.85. The van der Waals surface area contributed by atoms with Gasteiger partial charge >= 0.3 is 0 Å². The number of methoxy groups -OCH3 is 1. The van der Waals surface area contributed by atoms with Gasteiger partial charge in [-0.3, -0.25) is 14.2 Å². The van der Waals surface area contributed by atoms with Crippen molar-refractivity contribution in [1.82, 2.24) is 14.5 Å². The number of thioether (sulfide) groups is 1. The summed E-state index contributed by atoms with van der Waals surface area (Å²) in [5, 5.41) is 1.37. The molecule has 2 aromatic carbocycles. The molecular weight excluding hydrogens is 429 g/mol. The van der Waals surface area contributed by atoms with Crippen LogP contribution in [0.15, 0.2) is 52.4 Å². The number of amides is 1. The summed E-state index contributed by atoms with van der Waals surface area (Å²) in [5.41, 5.74) is 1.10. The molecule has 0 fully saturated rings. The highest BCUT2D eigenvalue weighted by molar-refractivity contribution is 7.99. The van der Waals surface area contributed by atoms with E-state index < -0.39 is 0 Å². The van der Waals surface area contributed by atoms with Gasteiger partial charge in [-0.1, -0.05) is 35.5 Å². The Hall–Kier alpha value is -2.42. The van der Waals surface area contributed by atoms with Crippen LogP contribution < -0.4 is 5.56 Å². The van der Waals surface area contributed by atoms with Crippen molar-refractivity contribution in [1.29, 1.82) is 0 Å². The number of hydrogen-bond acceptors (Lipinski definition) is 5. The van der Waals surface area contributed by atoms with E-state index in [4.69, 9.17) is 16.3 Å². The van der Waals surface area contributed by atoms with Crippen molar-refractivity contribution in [2.75, 3.05) is 26.5 Å². The maximum Gasteiger partial charge on any atom is 0.262 e. The molecule has 1 aromatic heterocycles. The lowest BCUT2D eigenvalue weighted by Crippen LogP contribution is -2.29. The highest BCUT2D eigenvalue weighted by Gasteiger charge is 2.16. The SMILES string of the molecule is COCCn1c(SCC(=O)N(C)Cc2ccc(F)cc2)nc2cc(Cl)ccc2c1=O. The van der Waals surface area contributed by atoms with Gasteiger partial charge in [0.15, 0.2) is 5.16 Å². The molecule has 3 rings (SSSR count). The van der Waals surface area contributed by atoms with Crippen molar-refractivity contribution in [3.8, 4) is 0 Å². The van der Waals surface area contributed by atoms with E-state index in [1.807, 2.05) is 0 Å². The van der Waals surface area contributed by atoms with Crippen molar-refractivity contribution in [2.45, 2.75) is 18.2 Å². The first-order valence-electron chi connectivity index (χ1n) is 9.19. The average Bonchev–Trinajstić information content (AvgIpc) is 2.72. The van der Waals surface area contributed by atoms with Crippen molar-refractivity contribution in [2.24, 2.45) is 0 Å². The Morgan fingerprint density at radius 2 is 2.00 bits per heavy atom. The second-order valence-electron chi connectivity index (χ2n) is 6.67. The highest BCUT2D eigenvalue weighted by atomic mass is 35.5. The molecule has 0 unspecified atom stereocenters. The van der Waals surface area contributed by atoms with E-state index in [9.17, 15) is 14.0 Å². The molecule has 0 atom stereocenters. The predicted octanol–water partition coefficient (Wildman–Crippen LogP) is 3.59. The minimum absolute atomic E-state index is 0.100. The molecule has 0 bridgehead atoms. The van der Waals surface area contributed by atoms with Crippen molar-refractivity contribution >= 4 is 40.2 Å². The number of rotatable bonds is 8. The molecule has 9 heteroatoms. The van der Waals surface area contributed by atoms with E-state index in [2.05, 4.69) is 4.98 Å². The first-order chi connectivity index (χ1) is 14.4. The average molecular weight is 450 g/mol. The van der Waals surface area contributed by atoms with Crippen LogP contribution in [0.5, 0.6) is 0 Å². The Morgan fingerprint density at radius 1 is 1.27 bits per heavy atom. The van der Waals surface area contributed by atoms with Crippen LogP contribution in [-0.4, -0.2) is 46.9 Å². The van der Waals surface area contributed by atoms with Crippen molar-refractivity contribution in [3.05, 3.63) is 69.2 Å². The van der Waals surface area contributed by atoms with Crippen molar-refractivity contribution in [3.63, 3.8) is 0 Å². The van der Waals surface area contributed by atoms with Crippen LogP contribution in [0.2, 0.25) is 5.02 Å². The molecule has 0 saturated heterocycles. The van der Waals surface area contributed by atoms with Gasteiger partial charge in [-0.05, 0) is 35.9 Å². The Morgan fingerprint density at radius 3 is 2.70 bits per heavy atom. The summed E-state index contributed by atoms with van der Waals surface area (Å²) in [6, 6.07) is 10.9.